The van der Waals surface area contributed by atoms with E-state index in [1.165, 1.54) is 0 Å². The summed E-state index contributed by atoms with van der Waals surface area (Å²) < 4.78 is 0. The van der Waals surface area contributed by atoms with Crippen LogP contribution in [0.25, 0.3) is 0 Å². The molecule has 20 heavy (non-hydrogen) atoms. The van der Waals surface area contributed by atoms with Crippen LogP contribution in [0, 0.1) is 11.8 Å². The molecule has 0 spiro atoms. The number of amides is 2. The van der Waals surface area contributed by atoms with Crippen molar-refractivity contribution in [2.45, 2.75) is 72.4 Å². The zero-order valence-electron chi connectivity index (χ0n) is 13.6. The Morgan fingerprint density at radius 3 is 2.30 bits per heavy atom. The maximum atomic E-state index is 12.7. The van der Waals surface area contributed by atoms with E-state index in [-0.39, 0.29) is 23.9 Å². The van der Waals surface area contributed by atoms with E-state index in [1.54, 1.807) is 0 Å². The highest BCUT2D eigenvalue weighted by molar-refractivity contribution is 5.90. The van der Waals surface area contributed by atoms with Crippen LogP contribution in [-0.4, -0.2) is 35.3 Å². The first-order valence-corrected chi connectivity index (χ1v) is 8.00. The van der Waals surface area contributed by atoms with Crippen molar-refractivity contribution >= 4 is 11.8 Å². The summed E-state index contributed by atoms with van der Waals surface area (Å²) in [6.45, 7) is 11.2. The van der Waals surface area contributed by atoms with E-state index in [4.69, 9.17) is 0 Å². The third-order valence-corrected chi connectivity index (χ3v) is 4.43. The molecule has 1 heterocycles. The van der Waals surface area contributed by atoms with Crippen LogP contribution < -0.4 is 5.32 Å². The van der Waals surface area contributed by atoms with Crippen molar-refractivity contribution in [3.8, 4) is 0 Å². The van der Waals surface area contributed by atoms with Gasteiger partial charge in [-0.15, -0.1) is 0 Å². The van der Waals surface area contributed by atoms with Crippen LogP contribution >= 0.6 is 0 Å². The number of nitrogens with zero attached hydrogens (tertiary/aromatic N) is 1. The molecule has 4 heteroatoms. The highest BCUT2D eigenvalue weighted by atomic mass is 16.2. The summed E-state index contributed by atoms with van der Waals surface area (Å²) in [4.78, 5) is 26.5. The van der Waals surface area contributed by atoms with Gasteiger partial charge in [0.05, 0.1) is 0 Å². The Hall–Kier alpha value is -1.06. The molecule has 0 saturated carbocycles. The van der Waals surface area contributed by atoms with Crippen molar-refractivity contribution in [1.29, 1.82) is 0 Å². The van der Waals surface area contributed by atoms with Crippen molar-refractivity contribution < 1.29 is 9.59 Å². The summed E-state index contributed by atoms with van der Waals surface area (Å²) >= 11 is 0. The number of rotatable bonds is 6. The van der Waals surface area contributed by atoms with Crippen molar-refractivity contribution in [3.05, 3.63) is 0 Å². The third kappa shape index (κ3) is 4.22. The van der Waals surface area contributed by atoms with Crippen molar-refractivity contribution in [3.63, 3.8) is 0 Å². The Morgan fingerprint density at radius 1 is 1.20 bits per heavy atom. The summed E-state index contributed by atoms with van der Waals surface area (Å²) in [6, 6.07) is -0.137. The fourth-order valence-corrected chi connectivity index (χ4v) is 3.12. The van der Waals surface area contributed by atoms with E-state index in [9.17, 15) is 9.59 Å². The lowest BCUT2D eigenvalue weighted by Crippen LogP contribution is -2.50. The molecule has 2 atom stereocenters. The summed E-state index contributed by atoms with van der Waals surface area (Å²) in [5.41, 5.74) is 0. The lowest BCUT2D eigenvalue weighted by atomic mass is 9.93. The van der Waals surface area contributed by atoms with E-state index in [0.29, 0.717) is 24.8 Å². The van der Waals surface area contributed by atoms with E-state index in [2.05, 4.69) is 39.9 Å². The minimum absolute atomic E-state index is 0.00301. The minimum Gasteiger partial charge on any atom is -0.344 e. The molecule has 0 bridgehead atoms. The number of hydrogen-bond donors (Lipinski definition) is 1. The first-order valence-electron chi connectivity index (χ1n) is 8.00. The van der Waals surface area contributed by atoms with Crippen molar-refractivity contribution in [1.82, 2.24) is 10.2 Å². The molecule has 1 aliphatic rings. The van der Waals surface area contributed by atoms with Gasteiger partial charge in [-0.2, -0.15) is 0 Å². The molecule has 4 nitrogen and oxygen atoms in total. The largest absolute Gasteiger partial charge is 0.344 e. The van der Waals surface area contributed by atoms with Crippen LogP contribution in [0.2, 0.25) is 0 Å². The monoisotopic (exact) mass is 282 g/mol. The number of carbonyl (C=O) groups is 2. The smallest absolute Gasteiger partial charge is 0.245 e. The molecule has 0 aromatic rings. The fraction of sp³-hybridized carbons (Fsp3) is 0.875. The van der Waals surface area contributed by atoms with Gasteiger partial charge in [-0.1, -0.05) is 40.5 Å². The van der Waals surface area contributed by atoms with Gasteiger partial charge in [0.2, 0.25) is 11.8 Å². The third-order valence-electron chi connectivity index (χ3n) is 4.43. The average Bonchev–Trinajstić information content (AvgIpc) is 2.51. The van der Waals surface area contributed by atoms with E-state index in [1.807, 2.05) is 4.90 Å². The molecule has 1 aliphatic heterocycles. The van der Waals surface area contributed by atoms with Gasteiger partial charge in [-0.3, -0.25) is 9.59 Å². The number of nitrogens with one attached hydrogen (secondary N) is 1. The molecule has 1 N–H and O–H groups in total. The molecule has 0 radical (unpaired) electrons. The molecule has 1 fully saturated rings. The average molecular weight is 282 g/mol. The molecular weight excluding hydrogens is 252 g/mol. The van der Waals surface area contributed by atoms with E-state index in [0.717, 1.165) is 19.3 Å². The Morgan fingerprint density at radius 2 is 1.80 bits per heavy atom. The van der Waals surface area contributed by atoms with Crippen LogP contribution in [0.3, 0.4) is 0 Å². The molecule has 0 aliphatic carbocycles. The maximum Gasteiger partial charge on any atom is 0.245 e. The highest BCUT2D eigenvalue weighted by Crippen LogP contribution is 2.22. The topological polar surface area (TPSA) is 49.4 Å². The van der Waals surface area contributed by atoms with Crippen LogP contribution in [0.5, 0.6) is 0 Å². The molecule has 2 unspecified atom stereocenters. The normalized spacial score (nSPS) is 22.1. The Balaban J connectivity index is 2.88. The van der Waals surface area contributed by atoms with Crippen molar-refractivity contribution in [2.75, 3.05) is 6.54 Å². The first-order chi connectivity index (χ1) is 9.40. The first kappa shape index (κ1) is 17.0. The van der Waals surface area contributed by atoms with Crippen LogP contribution in [0.15, 0.2) is 0 Å². The fourth-order valence-electron chi connectivity index (χ4n) is 3.12. The molecule has 1 rings (SSSR count). The van der Waals surface area contributed by atoms with Gasteiger partial charge in [-0.05, 0) is 25.2 Å². The van der Waals surface area contributed by atoms with Gasteiger partial charge in [0.1, 0.15) is 6.04 Å². The summed E-state index contributed by atoms with van der Waals surface area (Å²) in [5.74, 6) is 1.01. The summed E-state index contributed by atoms with van der Waals surface area (Å²) in [6.07, 6.45) is 3.27. The lowest BCUT2D eigenvalue weighted by Gasteiger charge is -2.35. The van der Waals surface area contributed by atoms with Gasteiger partial charge in [-0.25, -0.2) is 0 Å². The molecule has 1 saturated heterocycles. The van der Waals surface area contributed by atoms with Gasteiger partial charge in [0.15, 0.2) is 0 Å². The van der Waals surface area contributed by atoms with Gasteiger partial charge in [0, 0.05) is 19.0 Å². The molecule has 116 valence electrons. The van der Waals surface area contributed by atoms with E-state index >= 15 is 0 Å². The van der Waals surface area contributed by atoms with Crippen molar-refractivity contribution in [2.24, 2.45) is 11.8 Å². The Bertz CT molecular complexity index is 337. The summed E-state index contributed by atoms with van der Waals surface area (Å²) in [5, 5.41) is 2.89. The van der Waals surface area contributed by atoms with Gasteiger partial charge in [0.25, 0.3) is 0 Å². The Kier molecular flexibility index (Phi) is 6.50. The predicted octanol–water partition coefficient (Wildman–Crippen LogP) is 2.57. The quantitative estimate of drug-likeness (QED) is 0.814. The minimum atomic E-state index is -0.346. The second kappa shape index (κ2) is 7.65. The SMILES string of the molecule is CCC(CC)C(C)N1CCC(=O)NC(CC(C)C)C1=O. The predicted molar refractivity (Wildman–Crippen MR) is 81.2 cm³/mol. The molecule has 0 aromatic heterocycles. The standard InChI is InChI=1S/C16H30N2O2/c1-6-13(7-2)12(5)18-9-8-15(19)17-14(16(18)20)10-11(3)4/h11-14H,6-10H2,1-5H3,(H,17,19). The second-order valence-electron chi connectivity index (χ2n) is 6.35. The van der Waals surface area contributed by atoms with Crippen LogP contribution in [0.4, 0.5) is 0 Å². The lowest BCUT2D eigenvalue weighted by molar-refractivity contribution is -0.136. The number of carbonyl (C=O) groups excluding carboxylic acids is 2. The second-order valence-corrected chi connectivity index (χ2v) is 6.35. The zero-order chi connectivity index (χ0) is 15.3. The molecular formula is C16H30N2O2. The molecule has 0 aromatic carbocycles. The maximum absolute atomic E-state index is 12.7. The van der Waals surface area contributed by atoms with Crippen LogP contribution in [-0.2, 0) is 9.59 Å². The van der Waals surface area contributed by atoms with Gasteiger partial charge >= 0.3 is 0 Å². The van der Waals surface area contributed by atoms with E-state index < -0.39 is 0 Å². The summed E-state index contributed by atoms with van der Waals surface area (Å²) in [7, 11) is 0. The highest BCUT2D eigenvalue weighted by Gasteiger charge is 2.34. The molecule has 2 amide bonds. The van der Waals surface area contributed by atoms with Crippen LogP contribution in [0.1, 0.15) is 60.3 Å². The number of hydrogen-bond acceptors (Lipinski definition) is 2. The Labute approximate surface area is 123 Å². The van der Waals surface area contributed by atoms with Gasteiger partial charge < -0.3 is 10.2 Å². The zero-order valence-corrected chi connectivity index (χ0v) is 13.6.